The van der Waals surface area contributed by atoms with Gasteiger partial charge in [0.2, 0.25) is 0 Å². The Bertz CT molecular complexity index is 773. The Kier molecular flexibility index (Phi) is 5.62. The molecule has 0 fully saturated rings. The van der Waals surface area contributed by atoms with Crippen molar-refractivity contribution >= 4 is 23.3 Å². The molecule has 2 rings (SSSR count). The molecule has 0 saturated carbocycles. The quantitative estimate of drug-likeness (QED) is 0.499. The van der Waals surface area contributed by atoms with Crippen molar-refractivity contribution in [2.24, 2.45) is 0 Å². The summed E-state index contributed by atoms with van der Waals surface area (Å²) < 4.78 is 4.90. The molecule has 0 aliphatic rings. The van der Waals surface area contributed by atoms with Crippen molar-refractivity contribution in [3.63, 3.8) is 0 Å². The lowest BCUT2D eigenvalue weighted by molar-refractivity contribution is -0.385. The molecular formula is C17H16N2O5. The minimum atomic E-state index is -0.612. The zero-order valence-electron chi connectivity index (χ0n) is 13.0. The predicted octanol–water partition coefficient (Wildman–Crippen LogP) is 2.95. The lowest BCUT2D eigenvalue weighted by atomic mass is 10.1. The normalized spacial score (nSPS) is 10.0. The molecular weight excluding hydrogens is 312 g/mol. The minimum absolute atomic E-state index is 0.00117. The zero-order chi connectivity index (χ0) is 17.5. The first-order chi connectivity index (χ1) is 11.5. The van der Waals surface area contributed by atoms with E-state index in [2.05, 4.69) is 5.32 Å². The van der Waals surface area contributed by atoms with Gasteiger partial charge in [-0.1, -0.05) is 30.3 Å². The second kappa shape index (κ2) is 7.87. The third-order valence-electron chi connectivity index (χ3n) is 3.25. The van der Waals surface area contributed by atoms with Crippen LogP contribution in [0.5, 0.6) is 0 Å². The summed E-state index contributed by atoms with van der Waals surface area (Å²) in [6.07, 6.45) is 0.00117. The first kappa shape index (κ1) is 17.1. The fourth-order valence-electron chi connectivity index (χ4n) is 2.18. The molecule has 0 aliphatic carbocycles. The van der Waals surface area contributed by atoms with Gasteiger partial charge >= 0.3 is 5.97 Å². The SMILES string of the molecule is CCOC(=O)Cc1ccccc1NC(=O)c1ccccc1[N+](=O)[O-]. The highest BCUT2D eigenvalue weighted by atomic mass is 16.6. The van der Waals surface area contributed by atoms with E-state index in [1.807, 2.05) is 0 Å². The Morgan fingerprint density at radius 1 is 1.12 bits per heavy atom. The molecule has 0 heterocycles. The van der Waals surface area contributed by atoms with E-state index < -0.39 is 16.8 Å². The maximum absolute atomic E-state index is 12.4. The fraction of sp³-hybridized carbons (Fsp3) is 0.176. The van der Waals surface area contributed by atoms with E-state index in [0.29, 0.717) is 11.3 Å². The number of carbonyl (C=O) groups is 2. The summed E-state index contributed by atoms with van der Waals surface area (Å²) in [5.41, 5.74) is 0.655. The van der Waals surface area contributed by atoms with Crippen LogP contribution in [0, 0.1) is 10.1 Å². The van der Waals surface area contributed by atoms with Gasteiger partial charge in [-0.2, -0.15) is 0 Å². The average Bonchev–Trinajstić information content (AvgIpc) is 2.56. The van der Waals surface area contributed by atoms with Crippen LogP contribution in [0.25, 0.3) is 0 Å². The number of esters is 1. The van der Waals surface area contributed by atoms with Crippen molar-refractivity contribution in [2.75, 3.05) is 11.9 Å². The topological polar surface area (TPSA) is 98.5 Å². The highest BCUT2D eigenvalue weighted by molar-refractivity contribution is 6.07. The molecule has 0 bridgehead atoms. The summed E-state index contributed by atoms with van der Waals surface area (Å²) in [4.78, 5) is 34.4. The van der Waals surface area contributed by atoms with Gasteiger partial charge in [-0.25, -0.2) is 0 Å². The number of nitro benzene ring substituents is 1. The molecule has 1 amide bonds. The maximum Gasteiger partial charge on any atom is 0.310 e. The molecule has 0 aromatic heterocycles. The van der Waals surface area contributed by atoms with Crippen molar-refractivity contribution in [1.82, 2.24) is 0 Å². The molecule has 7 nitrogen and oxygen atoms in total. The van der Waals surface area contributed by atoms with Crippen LogP contribution in [0.3, 0.4) is 0 Å². The molecule has 0 unspecified atom stereocenters. The van der Waals surface area contributed by atoms with Crippen LogP contribution in [0.1, 0.15) is 22.8 Å². The van der Waals surface area contributed by atoms with Gasteiger partial charge in [-0.3, -0.25) is 19.7 Å². The summed E-state index contributed by atoms with van der Waals surface area (Å²) in [5.74, 6) is -1.02. The molecule has 1 N–H and O–H groups in total. The van der Waals surface area contributed by atoms with E-state index in [1.165, 1.54) is 18.2 Å². The monoisotopic (exact) mass is 328 g/mol. The van der Waals surface area contributed by atoms with E-state index in [-0.39, 0.29) is 24.3 Å². The molecule has 124 valence electrons. The number of para-hydroxylation sites is 2. The minimum Gasteiger partial charge on any atom is -0.466 e. The number of nitro groups is 1. The van der Waals surface area contributed by atoms with Gasteiger partial charge in [-0.05, 0) is 24.6 Å². The fourth-order valence-corrected chi connectivity index (χ4v) is 2.18. The van der Waals surface area contributed by atoms with Crippen LogP contribution in [-0.4, -0.2) is 23.4 Å². The van der Waals surface area contributed by atoms with Crippen LogP contribution in [-0.2, 0) is 16.0 Å². The molecule has 0 atom stereocenters. The van der Waals surface area contributed by atoms with E-state index in [4.69, 9.17) is 4.74 Å². The summed E-state index contributed by atoms with van der Waals surface area (Å²) in [6, 6.07) is 12.4. The molecule has 24 heavy (non-hydrogen) atoms. The summed E-state index contributed by atoms with van der Waals surface area (Å²) in [7, 11) is 0. The van der Waals surface area contributed by atoms with Crippen molar-refractivity contribution < 1.29 is 19.2 Å². The zero-order valence-corrected chi connectivity index (χ0v) is 13.0. The number of hydrogen-bond acceptors (Lipinski definition) is 5. The molecule has 2 aromatic rings. The lowest BCUT2D eigenvalue weighted by Gasteiger charge is -2.11. The van der Waals surface area contributed by atoms with Gasteiger partial charge in [0.15, 0.2) is 0 Å². The number of carbonyl (C=O) groups excluding carboxylic acids is 2. The van der Waals surface area contributed by atoms with Crippen LogP contribution in [0.2, 0.25) is 0 Å². The third kappa shape index (κ3) is 4.16. The highest BCUT2D eigenvalue weighted by Gasteiger charge is 2.20. The van der Waals surface area contributed by atoms with E-state index in [0.717, 1.165) is 0 Å². The average molecular weight is 328 g/mol. The summed E-state index contributed by atoms with van der Waals surface area (Å²) >= 11 is 0. The smallest absolute Gasteiger partial charge is 0.310 e. The third-order valence-corrected chi connectivity index (χ3v) is 3.25. The number of nitrogens with one attached hydrogen (secondary N) is 1. The molecule has 0 aliphatic heterocycles. The first-order valence-electron chi connectivity index (χ1n) is 7.31. The van der Waals surface area contributed by atoms with Gasteiger partial charge in [0.1, 0.15) is 5.56 Å². The number of nitrogens with zero attached hydrogens (tertiary/aromatic N) is 1. The van der Waals surface area contributed by atoms with Crippen LogP contribution in [0.15, 0.2) is 48.5 Å². The number of benzene rings is 2. The Labute approximate surface area is 138 Å². The summed E-state index contributed by atoms with van der Waals surface area (Å²) in [5, 5.41) is 13.6. The van der Waals surface area contributed by atoms with Crippen molar-refractivity contribution in [3.05, 3.63) is 69.8 Å². The Morgan fingerprint density at radius 2 is 1.79 bits per heavy atom. The maximum atomic E-state index is 12.4. The van der Waals surface area contributed by atoms with Gasteiger partial charge < -0.3 is 10.1 Å². The van der Waals surface area contributed by atoms with Gasteiger partial charge in [0, 0.05) is 11.8 Å². The molecule has 0 saturated heterocycles. The molecule has 2 aromatic carbocycles. The van der Waals surface area contributed by atoms with Crippen LogP contribution in [0.4, 0.5) is 11.4 Å². The predicted molar refractivity (Wildman–Crippen MR) is 87.8 cm³/mol. The number of ether oxygens (including phenoxy) is 1. The second-order valence-corrected chi connectivity index (χ2v) is 4.87. The number of anilines is 1. The summed E-state index contributed by atoms with van der Waals surface area (Å²) in [6.45, 7) is 1.98. The van der Waals surface area contributed by atoms with Crippen LogP contribution >= 0.6 is 0 Å². The highest BCUT2D eigenvalue weighted by Crippen LogP contribution is 2.21. The number of amides is 1. The number of rotatable bonds is 6. The van der Waals surface area contributed by atoms with Gasteiger partial charge in [0.05, 0.1) is 18.0 Å². The van der Waals surface area contributed by atoms with Crippen molar-refractivity contribution in [3.8, 4) is 0 Å². The van der Waals surface area contributed by atoms with E-state index in [9.17, 15) is 19.7 Å². The lowest BCUT2D eigenvalue weighted by Crippen LogP contribution is -2.16. The van der Waals surface area contributed by atoms with E-state index >= 15 is 0 Å². The Balaban J connectivity index is 2.24. The van der Waals surface area contributed by atoms with Crippen molar-refractivity contribution in [2.45, 2.75) is 13.3 Å². The van der Waals surface area contributed by atoms with E-state index in [1.54, 1.807) is 37.3 Å². The molecule has 0 radical (unpaired) electrons. The number of hydrogen-bond donors (Lipinski definition) is 1. The van der Waals surface area contributed by atoms with Gasteiger partial charge in [-0.15, -0.1) is 0 Å². The molecule has 7 heteroatoms. The van der Waals surface area contributed by atoms with Gasteiger partial charge in [0.25, 0.3) is 11.6 Å². The van der Waals surface area contributed by atoms with Crippen LogP contribution < -0.4 is 5.32 Å². The second-order valence-electron chi connectivity index (χ2n) is 4.87. The largest absolute Gasteiger partial charge is 0.466 e. The Morgan fingerprint density at radius 3 is 2.50 bits per heavy atom. The molecule has 0 spiro atoms. The standard InChI is InChI=1S/C17H16N2O5/c1-2-24-16(20)11-12-7-3-5-9-14(12)18-17(21)13-8-4-6-10-15(13)19(22)23/h3-10H,2,11H2,1H3,(H,18,21). The Hall–Kier alpha value is -3.22. The first-order valence-corrected chi connectivity index (χ1v) is 7.31. The van der Waals surface area contributed by atoms with Crippen molar-refractivity contribution in [1.29, 1.82) is 0 Å².